The van der Waals surface area contributed by atoms with Crippen molar-refractivity contribution < 1.29 is 19.0 Å². The van der Waals surface area contributed by atoms with E-state index in [4.69, 9.17) is 14.6 Å². The maximum Gasteiger partial charge on any atom is 0.163 e. The molecule has 0 saturated carbocycles. The highest BCUT2D eigenvalue weighted by Gasteiger charge is 2.17. The number of ether oxygens (including phenoxy) is 2. The van der Waals surface area contributed by atoms with Crippen molar-refractivity contribution in [3.05, 3.63) is 23.5 Å². The third-order valence-corrected chi connectivity index (χ3v) is 3.30. The van der Waals surface area contributed by atoms with Gasteiger partial charge in [0.25, 0.3) is 0 Å². The Balaban J connectivity index is 2.84. The number of halogens is 1. The number of hydrogen-bond donors (Lipinski definition) is 2. The molecule has 2 unspecified atom stereocenters. The molecule has 20 heavy (non-hydrogen) atoms. The quantitative estimate of drug-likeness (QED) is 0.771. The van der Waals surface area contributed by atoms with E-state index in [9.17, 15) is 4.39 Å². The van der Waals surface area contributed by atoms with Crippen molar-refractivity contribution in [2.45, 2.75) is 38.8 Å². The summed E-state index contributed by atoms with van der Waals surface area (Å²) in [5.74, 6) is 0.576. The topological polar surface area (TPSA) is 50.7 Å². The van der Waals surface area contributed by atoms with E-state index in [1.165, 1.54) is 20.3 Å². The molecule has 2 atom stereocenters. The second-order valence-electron chi connectivity index (χ2n) is 4.88. The van der Waals surface area contributed by atoms with Gasteiger partial charge in [-0.2, -0.15) is 0 Å². The van der Waals surface area contributed by atoms with Crippen molar-refractivity contribution in [2.24, 2.45) is 0 Å². The van der Waals surface area contributed by atoms with Crippen molar-refractivity contribution in [3.63, 3.8) is 0 Å². The maximum atomic E-state index is 14.1. The minimum absolute atomic E-state index is 0.150. The van der Waals surface area contributed by atoms with Gasteiger partial charge in [-0.1, -0.05) is 0 Å². The molecule has 1 aromatic carbocycles. The molecule has 1 aromatic rings. The van der Waals surface area contributed by atoms with Crippen LogP contribution in [0.3, 0.4) is 0 Å². The van der Waals surface area contributed by atoms with Crippen LogP contribution in [0.1, 0.15) is 38.3 Å². The molecule has 0 heterocycles. The number of aliphatic hydroxyl groups is 1. The molecule has 4 nitrogen and oxygen atoms in total. The largest absolute Gasteiger partial charge is 0.493 e. The van der Waals surface area contributed by atoms with Crippen LogP contribution in [-0.4, -0.2) is 32.0 Å². The van der Waals surface area contributed by atoms with Gasteiger partial charge in [0.1, 0.15) is 5.82 Å². The van der Waals surface area contributed by atoms with E-state index < -0.39 is 0 Å². The molecule has 0 aliphatic rings. The van der Waals surface area contributed by atoms with Gasteiger partial charge in [-0.25, -0.2) is 4.39 Å². The smallest absolute Gasteiger partial charge is 0.163 e. The Hall–Kier alpha value is -1.33. The molecule has 0 spiro atoms. The van der Waals surface area contributed by atoms with Gasteiger partial charge in [-0.05, 0) is 32.8 Å². The van der Waals surface area contributed by atoms with Gasteiger partial charge >= 0.3 is 0 Å². The number of benzene rings is 1. The highest BCUT2D eigenvalue weighted by atomic mass is 19.1. The minimum atomic E-state index is -0.322. The maximum absolute atomic E-state index is 14.1. The van der Waals surface area contributed by atoms with Crippen LogP contribution in [0.5, 0.6) is 11.5 Å². The fourth-order valence-corrected chi connectivity index (χ4v) is 2.20. The van der Waals surface area contributed by atoms with Crippen LogP contribution < -0.4 is 14.8 Å². The molecule has 0 aromatic heterocycles. The molecule has 2 N–H and O–H groups in total. The van der Waals surface area contributed by atoms with E-state index in [1.807, 2.05) is 13.8 Å². The van der Waals surface area contributed by atoms with Gasteiger partial charge < -0.3 is 19.9 Å². The Labute approximate surface area is 119 Å². The van der Waals surface area contributed by atoms with Gasteiger partial charge in [-0.15, -0.1) is 0 Å². The van der Waals surface area contributed by atoms with Gasteiger partial charge in [0.15, 0.2) is 11.5 Å². The molecular weight excluding hydrogens is 261 g/mol. The van der Waals surface area contributed by atoms with Gasteiger partial charge in [-0.3, -0.25) is 0 Å². The summed E-state index contributed by atoms with van der Waals surface area (Å²) in [6.07, 6.45) is 1.57. The Morgan fingerprint density at radius 2 is 1.80 bits per heavy atom. The highest BCUT2D eigenvalue weighted by Crippen LogP contribution is 2.32. The summed E-state index contributed by atoms with van der Waals surface area (Å²) in [5, 5.41) is 12.1. The summed E-state index contributed by atoms with van der Waals surface area (Å²) in [7, 11) is 3.01. The molecule has 0 aliphatic carbocycles. The fraction of sp³-hybridized carbons (Fsp3) is 0.600. The van der Waals surface area contributed by atoms with Crippen molar-refractivity contribution in [2.75, 3.05) is 20.8 Å². The normalized spacial score (nSPS) is 13.9. The Bertz CT molecular complexity index is 426. The first kappa shape index (κ1) is 16.7. The average molecular weight is 285 g/mol. The number of hydrogen-bond acceptors (Lipinski definition) is 4. The zero-order valence-corrected chi connectivity index (χ0v) is 12.6. The van der Waals surface area contributed by atoms with E-state index in [0.29, 0.717) is 17.1 Å². The van der Waals surface area contributed by atoms with Crippen molar-refractivity contribution in [1.29, 1.82) is 0 Å². The van der Waals surface area contributed by atoms with Crippen LogP contribution in [0, 0.1) is 5.82 Å². The highest BCUT2D eigenvalue weighted by molar-refractivity contribution is 5.44. The predicted octanol–water partition coefficient (Wildman–Crippen LogP) is 2.65. The summed E-state index contributed by atoms with van der Waals surface area (Å²) in [4.78, 5) is 0. The average Bonchev–Trinajstić information content (AvgIpc) is 2.44. The lowest BCUT2D eigenvalue weighted by Gasteiger charge is -2.21. The lowest BCUT2D eigenvalue weighted by molar-refractivity contribution is 0.274. The summed E-state index contributed by atoms with van der Waals surface area (Å²) >= 11 is 0. The van der Waals surface area contributed by atoms with Gasteiger partial charge in [0.05, 0.1) is 14.2 Å². The van der Waals surface area contributed by atoms with Crippen molar-refractivity contribution >= 4 is 0 Å². The van der Waals surface area contributed by atoms with Crippen LogP contribution in [0.15, 0.2) is 12.1 Å². The molecule has 0 saturated heterocycles. The van der Waals surface area contributed by atoms with Crippen LogP contribution in [-0.2, 0) is 0 Å². The second-order valence-corrected chi connectivity index (χ2v) is 4.88. The van der Waals surface area contributed by atoms with Gasteiger partial charge in [0.2, 0.25) is 0 Å². The van der Waals surface area contributed by atoms with Crippen LogP contribution >= 0.6 is 0 Å². The fourth-order valence-electron chi connectivity index (χ4n) is 2.20. The Kier molecular flexibility index (Phi) is 6.75. The van der Waals surface area contributed by atoms with E-state index >= 15 is 0 Å². The SMILES string of the molecule is COc1cc(F)c(C(C)NC(C)CCCO)cc1OC. The number of aliphatic hydroxyl groups excluding tert-OH is 1. The molecule has 5 heteroatoms. The number of methoxy groups -OCH3 is 2. The standard InChI is InChI=1S/C15H24FNO3/c1-10(6-5-7-18)17-11(2)12-8-14(19-3)15(20-4)9-13(12)16/h8-11,17-18H,5-7H2,1-4H3. The zero-order chi connectivity index (χ0) is 15.1. The molecule has 0 bridgehead atoms. The van der Waals surface area contributed by atoms with E-state index in [0.717, 1.165) is 12.8 Å². The first-order chi connectivity index (χ1) is 9.53. The monoisotopic (exact) mass is 285 g/mol. The molecule has 0 amide bonds. The number of rotatable bonds is 8. The Morgan fingerprint density at radius 3 is 2.35 bits per heavy atom. The first-order valence-electron chi connectivity index (χ1n) is 6.81. The molecule has 0 fully saturated rings. The third kappa shape index (κ3) is 4.35. The van der Waals surface area contributed by atoms with Crippen LogP contribution in [0.2, 0.25) is 0 Å². The number of nitrogens with one attached hydrogen (secondary N) is 1. The van der Waals surface area contributed by atoms with Crippen molar-refractivity contribution in [3.8, 4) is 11.5 Å². The summed E-state index contributed by atoms with van der Waals surface area (Å²) < 4.78 is 24.4. The molecule has 0 aliphatic heterocycles. The molecule has 114 valence electrons. The van der Waals surface area contributed by atoms with E-state index in [2.05, 4.69) is 5.32 Å². The minimum Gasteiger partial charge on any atom is -0.493 e. The van der Waals surface area contributed by atoms with Gasteiger partial charge in [0, 0.05) is 30.3 Å². The summed E-state index contributed by atoms with van der Waals surface area (Å²) in [5.41, 5.74) is 0.540. The van der Waals surface area contributed by atoms with Crippen molar-refractivity contribution in [1.82, 2.24) is 5.32 Å². The van der Waals surface area contributed by atoms with Crippen LogP contribution in [0.25, 0.3) is 0 Å². The predicted molar refractivity (Wildman–Crippen MR) is 76.8 cm³/mol. The zero-order valence-electron chi connectivity index (χ0n) is 12.6. The van der Waals surface area contributed by atoms with E-state index in [1.54, 1.807) is 6.07 Å². The lowest BCUT2D eigenvalue weighted by Crippen LogP contribution is -2.29. The van der Waals surface area contributed by atoms with Crippen LogP contribution in [0.4, 0.5) is 4.39 Å². The molecule has 0 radical (unpaired) electrons. The summed E-state index contributed by atoms with van der Waals surface area (Å²) in [6, 6.07) is 3.04. The Morgan fingerprint density at radius 1 is 1.20 bits per heavy atom. The third-order valence-electron chi connectivity index (χ3n) is 3.30. The first-order valence-corrected chi connectivity index (χ1v) is 6.81. The summed E-state index contributed by atoms with van der Waals surface area (Å²) in [6.45, 7) is 4.09. The lowest BCUT2D eigenvalue weighted by atomic mass is 10.0. The molecular formula is C15H24FNO3. The molecule has 1 rings (SSSR count). The van der Waals surface area contributed by atoms with E-state index in [-0.39, 0.29) is 24.5 Å². The second kappa shape index (κ2) is 8.07.